The number of hydrogen-bond donors (Lipinski definition) is 1. The monoisotopic (exact) mass is 356 g/mol. The first kappa shape index (κ1) is 24.4. The van der Waals surface area contributed by atoms with E-state index in [-0.39, 0.29) is 0 Å². The molecule has 0 spiro atoms. The van der Waals surface area contributed by atoms with Crippen molar-refractivity contribution in [2.24, 2.45) is 5.92 Å². The summed E-state index contributed by atoms with van der Waals surface area (Å²) in [6.07, 6.45) is 18.0. The second-order valence-corrected chi connectivity index (χ2v) is 7.91. The highest BCUT2D eigenvalue weighted by molar-refractivity contribution is 5.74. The van der Waals surface area contributed by atoms with Crippen LogP contribution in [-0.2, 0) is 9.53 Å². The number of hydrogen-bond acceptors (Lipinski definition) is 3. The summed E-state index contributed by atoms with van der Waals surface area (Å²) >= 11 is 0. The van der Waals surface area contributed by atoms with Gasteiger partial charge in [0.05, 0.1) is 6.61 Å². The molecule has 0 saturated heterocycles. The Morgan fingerprint density at radius 3 is 1.56 bits per heavy atom. The highest BCUT2D eigenvalue weighted by Gasteiger charge is 2.17. The Bertz CT molecular complexity index is 289. The third-order valence-corrected chi connectivity index (χ3v) is 4.71. The highest BCUT2D eigenvalue weighted by Crippen LogP contribution is 2.13. The van der Waals surface area contributed by atoms with Crippen molar-refractivity contribution in [3.05, 3.63) is 0 Å². The standard InChI is InChI=1S/C22H44O3/c1-4-5-6-7-8-9-10-11-12-13-14-15-16-17-18-25-22(24)21(23)19-20(2)3/h20-21,23H,4-19H2,1-3H3. The molecular formula is C22H44O3. The van der Waals surface area contributed by atoms with Gasteiger partial charge in [-0.05, 0) is 18.8 Å². The summed E-state index contributed by atoms with van der Waals surface area (Å²) in [4.78, 5) is 11.5. The van der Waals surface area contributed by atoms with E-state index in [9.17, 15) is 9.90 Å². The molecule has 0 aliphatic carbocycles. The molecule has 0 rings (SSSR count). The molecule has 0 bridgehead atoms. The normalized spacial score (nSPS) is 12.5. The number of rotatable bonds is 18. The largest absolute Gasteiger partial charge is 0.464 e. The topological polar surface area (TPSA) is 46.5 Å². The van der Waals surface area contributed by atoms with Crippen LogP contribution in [0.25, 0.3) is 0 Å². The van der Waals surface area contributed by atoms with E-state index < -0.39 is 12.1 Å². The van der Waals surface area contributed by atoms with Crippen molar-refractivity contribution in [3.63, 3.8) is 0 Å². The molecule has 0 aliphatic rings. The maximum atomic E-state index is 11.5. The van der Waals surface area contributed by atoms with E-state index in [4.69, 9.17) is 4.74 Å². The minimum atomic E-state index is -0.952. The Kier molecular flexibility index (Phi) is 17.8. The average Bonchev–Trinajstić information content (AvgIpc) is 2.57. The second kappa shape index (κ2) is 18.2. The summed E-state index contributed by atoms with van der Waals surface area (Å²) < 4.78 is 5.12. The van der Waals surface area contributed by atoms with Crippen LogP contribution in [0.2, 0.25) is 0 Å². The Morgan fingerprint density at radius 1 is 0.760 bits per heavy atom. The van der Waals surface area contributed by atoms with Gasteiger partial charge in [0.25, 0.3) is 0 Å². The van der Waals surface area contributed by atoms with Gasteiger partial charge < -0.3 is 9.84 Å². The molecule has 1 atom stereocenters. The van der Waals surface area contributed by atoms with E-state index in [1.54, 1.807) is 0 Å². The van der Waals surface area contributed by atoms with Crippen LogP contribution in [-0.4, -0.2) is 23.8 Å². The average molecular weight is 357 g/mol. The molecule has 0 aromatic carbocycles. The molecule has 3 heteroatoms. The lowest BCUT2D eigenvalue weighted by Crippen LogP contribution is -2.25. The maximum Gasteiger partial charge on any atom is 0.334 e. The Balaban J connectivity index is 3.20. The third kappa shape index (κ3) is 18.0. The quantitative estimate of drug-likeness (QED) is 0.228. The Hall–Kier alpha value is -0.570. The molecule has 0 aromatic heterocycles. The fourth-order valence-corrected chi connectivity index (χ4v) is 3.11. The van der Waals surface area contributed by atoms with Gasteiger partial charge in [-0.25, -0.2) is 4.79 Å². The Labute approximate surface area is 156 Å². The lowest BCUT2D eigenvalue weighted by Gasteiger charge is -2.12. The van der Waals surface area contributed by atoms with Crippen molar-refractivity contribution in [2.45, 2.75) is 123 Å². The summed E-state index contributed by atoms with van der Waals surface area (Å²) in [5, 5.41) is 9.63. The molecular weight excluding hydrogens is 312 g/mol. The van der Waals surface area contributed by atoms with Gasteiger partial charge in [0, 0.05) is 0 Å². The van der Waals surface area contributed by atoms with E-state index in [0.29, 0.717) is 18.9 Å². The number of esters is 1. The van der Waals surface area contributed by atoms with Crippen LogP contribution in [0.15, 0.2) is 0 Å². The van der Waals surface area contributed by atoms with Crippen LogP contribution >= 0.6 is 0 Å². The van der Waals surface area contributed by atoms with E-state index in [1.165, 1.54) is 77.0 Å². The van der Waals surface area contributed by atoms with E-state index >= 15 is 0 Å². The van der Waals surface area contributed by atoms with Crippen LogP contribution < -0.4 is 0 Å². The Morgan fingerprint density at radius 2 is 1.16 bits per heavy atom. The second-order valence-electron chi connectivity index (χ2n) is 7.91. The van der Waals surface area contributed by atoms with E-state index in [0.717, 1.165) is 12.8 Å². The molecule has 3 nitrogen and oxygen atoms in total. The SMILES string of the molecule is CCCCCCCCCCCCCCCCOC(=O)C(O)CC(C)C. The first-order chi connectivity index (χ1) is 12.1. The number of aliphatic hydroxyl groups excluding tert-OH is 1. The first-order valence-electron chi connectivity index (χ1n) is 10.9. The van der Waals surface area contributed by atoms with Crippen molar-refractivity contribution in [3.8, 4) is 0 Å². The minimum absolute atomic E-state index is 0.309. The molecule has 25 heavy (non-hydrogen) atoms. The summed E-state index contributed by atoms with van der Waals surface area (Å²) in [6, 6.07) is 0. The number of carbonyl (C=O) groups excluding carboxylic acids is 1. The van der Waals surface area contributed by atoms with Gasteiger partial charge in [-0.2, -0.15) is 0 Å². The van der Waals surface area contributed by atoms with Gasteiger partial charge in [0.15, 0.2) is 6.10 Å². The van der Waals surface area contributed by atoms with Gasteiger partial charge in [0.2, 0.25) is 0 Å². The summed E-state index contributed by atoms with van der Waals surface area (Å²) in [6.45, 7) is 6.70. The fourth-order valence-electron chi connectivity index (χ4n) is 3.11. The fraction of sp³-hybridized carbons (Fsp3) is 0.955. The van der Waals surface area contributed by atoms with Gasteiger partial charge in [-0.1, -0.05) is 104 Å². The van der Waals surface area contributed by atoms with Gasteiger partial charge in [-0.3, -0.25) is 0 Å². The predicted molar refractivity (Wildman–Crippen MR) is 107 cm³/mol. The number of aliphatic hydroxyl groups is 1. The smallest absolute Gasteiger partial charge is 0.334 e. The first-order valence-corrected chi connectivity index (χ1v) is 10.9. The van der Waals surface area contributed by atoms with Crippen LogP contribution in [0.3, 0.4) is 0 Å². The zero-order chi connectivity index (χ0) is 18.8. The van der Waals surface area contributed by atoms with Gasteiger partial charge >= 0.3 is 5.97 Å². The van der Waals surface area contributed by atoms with Crippen molar-refractivity contribution in [2.75, 3.05) is 6.61 Å². The zero-order valence-corrected chi connectivity index (χ0v) is 17.2. The molecule has 1 N–H and O–H groups in total. The lowest BCUT2D eigenvalue weighted by atomic mass is 10.0. The molecule has 0 aromatic rings. The molecule has 0 amide bonds. The third-order valence-electron chi connectivity index (χ3n) is 4.71. The molecule has 0 saturated carbocycles. The van der Waals surface area contributed by atoms with E-state index in [1.807, 2.05) is 13.8 Å². The molecule has 1 unspecified atom stereocenters. The number of carbonyl (C=O) groups is 1. The van der Waals surface area contributed by atoms with Gasteiger partial charge in [0.1, 0.15) is 0 Å². The predicted octanol–water partition coefficient (Wildman–Crippen LogP) is 6.42. The van der Waals surface area contributed by atoms with Gasteiger partial charge in [-0.15, -0.1) is 0 Å². The summed E-state index contributed by atoms with van der Waals surface area (Å²) in [7, 11) is 0. The van der Waals surface area contributed by atoms with Crippen LogP contribution in [0.4, 0.5) is 0 Å². The molecule has 0 radical (unpaired) electrons. The minimum Gasteiger partial charge on any atom is -0.464 e. The number of unbranched alkanes of at least 4 members (excludes halogenated alkanes) is 13. The lowest BCUT2D eigenvalue weighted by molar-refractivity contribution is -0.154. The van der Waals surface area contributed by atoms with Crippen molar-refractivity contribution >= 4 is 5.97 Å². The molecule has 0 heterocycles. The van der Waals surface area contributed by atoms with Crippen molar-refractivity contribution in [1.29, 1.82) is 0 Å². The maximum absolute atomic E-state index is 11.5. The molecule has 150 valence electrons. The van der Waals surface area contributed by atoms with Crippen molar-refractivity contribution < 1.29 is 14.6 Å². The van der Waals surface area contributed by atoms with Crippen LogP contribution in [0, 0.1) is 5.92 Å². The highest BCUT2D eigenvalue weighted by atomic mass is 16.5. The summed E-state index contributed by atoms with van der Waals surface area (Å²) in [5.41, 5.74) is 0. The van der Waals surface area contributed by atoms with Crippen LogP contribution in [0.5, 0.6) is 0 Å². The van der Waals surface area contributed by atoms with Crippen LogP contribution in [0.1, 0.15) is 117 Å². The zero-order valence-electron chi connectivity index (χ0n) is 17.2. The molecule has 0 aliphatic heterocycles. The summed E-state index contributed by atoms with van der Waals surface area (Å²) in [5.74, 6) is -0.146. The molecule has 0 fully saturated rings. The van der Waals surface area contributed by atoms with Crippen molar-refractivity contribution in [1.82, 2.24) is 0 Å². The van der Waals surface area contributed by atoms with E-state index in [2.05, 4.69) is 6.92 Å². The number of ether oxygens (including phenoxy) is 1.